The molecule has 2 aromatic rings. The third-order valence-electron chi connectivity index (χ3n) is 3.77. The van der Waals surface area contributed by atoms with Crippen LogP contribution in [0.3, 0.4) is 0 Å². The van der Waals surface area contributed by atoms with Gasteiger partial charge in [0.15, 0.2) is 0 Å². The van der Waals surface area contributed by atoms with Gasteiger partial charge in [-0.25, -0.2) is 0 Å². The first-order valence-electron chi connectivity index (χ1n) is 7.68. The van der Waals surface area contributed by atoms with Gasteiger partial charge in [0.1, 0.15) is 0 Å². The van der Waals surface area contributed by atoms with Crippen LogP contribution in [0, 0.1) is 13.8 Å². The second-order valence-electron chi connectivity index (χ2n) is 5.79. The molecule has 120 valence electrons. The van der Waals surface area contributed by atoms with Gasteiger partial charge < -0.3 is 10.6 Å². The number of benzene rings is 2. The molecule has 2 N–H and O–H groups in total. The van der Waals surface area contributed by atoms with Gasteiger partial charge >= 0.3 is 11.8 Å². The Morgan fingerprint density at radius 1 is 1.00 bits per heavy atom. The van der Waals surface area contributed by atoms with Crippen molar-refractivity contribution in [2.75, 3.05) is 11.9 Å². The normalized spacial score (nSPS) is 11.6. The van der Waals surface area contributed by atoms with E-state index in [1.165, 1.54) is 0 Å². The van der Waals surface area contributed by atoms with Gasteiger partial charge in [-0.3, -0.25) is 9.59 Å². The first kappa shape index (κ1) is 16.7. The van der Waals surface area contributed by atoms with Crippen molar-refractivity contribution in [2.45, 2.75) is 26.7 Å². The number of aryl methyl sites for hydroxylation is 2. The van der Waals surface area contributed by atoms with E-state index in [0.29, 0.717) is 12.2 Å². The molecule has 1 unspecified atom stereocenters. The fourth-order valence-electron chi connectivity index (χ4n) is 2.36. The molecule has 0 heterocycles. The van der Waals surface area contributed by atoms with Gasteiger partial charge in [-0.05, 0) is 37.0 Å². The van der Waals surface area contributed by atoms with E-state index in [0.717, 1.165) is 16.7 Å². The van der Waals surface area contributed by atoms with Crippen molar-refractivity contribution in [1.29, 1.82) is 0 Å². The number of hydrogen-bond donors (Lipinski definition) is 2. The summed E-state index contributed by atoms with van der Waals surface area (Å²) in [4.78, 5) is 23.9. The summed E-state index contributed by atoms with van der Waals surface area (Å²) < 4.78 is 0. The van der Waals surface area contributed by atoms with E-state index >= 15 is 0 Å². The highest BCUT2D eigenvalue weighted by Crippen LogP contribution is 2.16. The zero-order valence-electron chi connectivity index (χ0n) is 13.7. The van der Waals surface area contributed by atoms with E-state index in [1.54, 1.807) is 0 Å². The van der Waals surface area contributed by atoms with Gasteiger partial charge in [-0.2, -0.15) is 0 Å². The number of carbonyl (C=O) groups excluding carboxylic acids is 2. The second kappa shape index (κ2) is 7.58. The Kier molecular flexibility index (Phi) is 5.52. The zero-order chi connectivity index (χ0) is 16.8. The fraction of sp³-hybridized carbons (Fsp3) is 0.263. The summed E-state index contributed by atoms with van der Waals surface area (Å²) in [5.74, 6) is -1.11. The second-order valence-corrected chi connectivity index (χ2v) is 5.79. The Bertz CT molecular complexity index is 696. The predicted octanol–water partition coefficient (Wildman–Crippen LogP) is 3.16. The minimum Gasteiger partial charge on any atom is -0.347 e. The average molecular weight is 310 g/mol. The Hall–Kier alpha value is -2.62. The van der Waals surface area contributed by atoms with Crippen LogP contribution in [0.4, 0.5) is 5.69 Å². The molecule has 23 heavy (non-hydrogen) atoms. The Morgan fingerprint density at radius 3 is 2.35 bits per heavy atom. The summed E-state index contributed by atoms with van der Waals surface area (Å²) in [7, 11) is 0. The highest BCUT2D eigenvalue weighted by molar-refractivity contribution is 6.39. The highest BCUT2D eigenvalue weighted by Gasteiger charge is 2.15. The van der Waals surface area contributed by atoms with Crippen LogP contribution in [0.5, 0.6) is 0 Å². The molecule has 2 rings (SSSR count). The highest BCUT2D eigenvalue weighted by atomic mass is 16.2. The standard InChI is InChI=1S/C19H22N2O2/c1-13-9-10-17(14(2)11-13)21-19(23)18(22)20-12-15(3)16-7-5-4-6-8-16/h4-11,15H,12H2,1-3H3,(H,20,22)(H,21,23). The van der Waals surface area contributed by atoms with Crippen molar-refractivity contribution in [3.63, 3.8) is 0 Å². The van der Waals surface area contributed by atoms with Crippen LogP contribution in [0.1, 0.15) is 29.5 Å². The summed E-state index contributed by atoms with van der Waals surface area (Å²) in [6, 6.07) is 15.6. The number of carbonyl (C=O) groups is 2. The molecule has 0 aliphatic carbocycles. The molecule has 2 aromatic carbocycles. The average Bonchev–Trinajstić information content (AvgIpc) is 2.55. The van der Waals surface area contributed by atoms with E-state index < -0.39 is 11.8 Å². The minimum absolute atomic E-state index is 0.147. The molecule has 0 bridgehead atoms. The Labute approximate surface area is 136 Å². The van der Waals surface area contributed by atoms with Gasteiger partial charge in [0.25, 0.3) is 0 Å². The maximum atomic E-state index is 12.0. The first-order valence-corrected chi connectivity index (χ1v) is 7.68. The molecule has 0 spiro atoms. The molecule has 0 aliphatic rings. The molecule has 0 radical (unpaired) electrons. The van der Waals surface area contributed by atoms with Crippen LogP contribution in [-0.2, 0) is 9.59 Å². The summed E-state index contributed by atoms with van der Waals surface area (Å²) in [6.45, 7) is 6.31. The van der Waals surface area contributed by atoms with E-state index in [-0.39, 0.29) is 5.92 Å². The first-order chi connectivity index (χ1) is 11.0. The molecule has 2 amide bonds. The molecular weight excluding hydrogens is 288 g/mol. The van der Waals surface area contributed by atoms with Crippen LogP contribution in [0.2, 0.25) is 0 Å². The molecule has 1 atom stereocenters. The lowest BCUT2D eigenvalue weighted by molar-refractivity contribution is -0.136. The van der Waals surface area contributed by atoms with Crippen LogP contribution >= 0.6 is 0 Å². The quantitative estimate of drug-likeness (QED) is 0.852. The number of amides is 2. The largest absolute Gasteiger partial charge is 0.347 e. The SMILES string of the molecule is Cc1ccc(NC(=O)C(=O)NCC(C)c2ccccc2)c(C)c1. The lowest BCUT2D eigenvalue weighted by Gasteiger charge is -2.13. The van der Waals surface area contributed by atoms with Crippen LogP contribution in [0.15, 0.2) is 48.5 Å². The third-order valence-corrected chi connectivity index (χ3v) is 3.77. The van der Waals surface area contributed by atoms with Gasteiger partial charge in [-0.1, -0.05) is 55.0 Å². The lowest BCUT2D eigenvalue weighted by atomic mass is 10.0. The van der Waals surface area contributed by atoms with Gasteiger partial charge in [-0.15, -0.1) is 0 Å². The monoisotopic (exact) mass is 310 g/mol. The van der Waals surface area contributed by atoms with Crippen molar-refractivity contribution in [3.8, 4) is 0 Å². The predicted molar refractivity (Wildman–Crippen MR) is 92.4 cm³/mol. The Balaban J connectivity index is 1.89. The molecule has 4 heteroatoms. The third kappa shape index (κ3) is 4.68. The summed E-state index contributed by atoms with van der Waals surface area (Å²) in [6.07, 6.45) is 0. The van der Waals surface area contributed by atoms with E-state index in [9.17, 15) is 9.59 Å². The van der Waals surface area contributed by atoms with Crippen LogP contribution in [0.25, 0.3) is 0 Å². The topological polar surface area (TPSA) is 58.2 Å². The summed E-state index contributed by atoms with van der Waals surface area (Å²) in [5.41, 5.74) is 3.83. The maximum Gasteiger partial charge on any atom is 0.313 e. The Morgan fingerprint density at radius 2 is 1.70 bits per heavy atom. The summed E-state index contributed by atoms with van der Waals surface area (Å²) >= 11 is 0. The maximum absolute atomic E-state index is 12.0. The minimum atomic E-state index is -0.641. The fourth-order valence-corrected chi connectivity index (χ4v) is 2.36. The van der Waals surface area contributed by atoms with Gasteiger partial charge in [0.05, 0.1) is 0 Å². The number of anilines is 1. The van der Waals surface area contributed by atoms with E-state index in [1.807, 2.05) is 69.3 Å². The van der Waals surface area contributed by atoms with Crippen molar-refractivity contribution in [2.24, 2.45) is 0 Å². The molecule has 0 fully saturated rings. The van der Waals surface area contributed by atoms with Crippen LogP contribution < -0.4 is 10.6 Å². The molecule has 4 nitrogen and oxygen atoms in total. The lowest BCUT2D eigenvalue weighted by Crippen LogP contribution is -2.37. The van der Waals surface area contributed by atoms with Gasteiger partial charge in [0, 0.05) is 12.2 Å². The molecule has 0 aromatic heterocycles. The molecule has 0 saturated carbocycles. The van der Waals surface area contributed by atoms with E-state index in [2.05, 4.69) is 10.6 Å². The zero-order valence-corrected chi connectivity index (χ0v) is 13.7. The van der Waals surface area contributed by atoms with Crippen LogP contribution in [-0.4, -0.2) is 18.4 Å². The number of hydrogen-bond acceptors (Lipinski definition) is 2. The van der Waals surface area contributed by atoms with Crippen molar-refractivity contribution >= 4 is 17.5 Å². The van der Waals surface area contributed by atoms with Crippen molar-refractivity contribution in [3.05, 3.63) is 65.2 Å². The molecule has 0 aliphatic heterocycles. The van der Waals surface area contributed by atoms with E-state index in [4.69, 9.17) is 0 Å². The van der Waals surface area contributed by atoms with Crippen molar-refractivity contribution in [1.82, 2.24) is 5.32 Å². The molecule has 0 saturated heterocycles. The summed E-state index contributed by atoms with van der Waals surface area (Å²) in [5, 5.41) is 5.33. The van der Waals surface area contributed by atoms with Gasteiger partial charge in [0.2, 0.25) is 0 Å². The van der Waals surface area contributed by atoms with Crippen molar-refractivity contribution < 1.29 is 9.59 Å². The number of rotatable bonds is 4. The number of nitrogens with one attached hydrogen (secondary N) is 2. The molecular formula is C19H22N2O2. The smallest absolute Gasteiger partial charge is 0.313 e.